The predicted molar refractivity (Wildman–Crippen MR) is 135 cm³/mol. The van der Waals surface area contributed by atoms with E-state index in [4.69, 9.17) is 9.62 Å². The van der Waals surface area contributed by atoms with Gasteiger partial charge < -0.3 is 4.84 Å². The highest BCUT2D eigenvalue weighted by Crippen LogP contribution is 2.32. The number of anilines is 1. The van der Waals surface area contributed by atoms with E-state index in [1.54, 1.807) is 12.1 Å². The summed E-state index contributed by atoms with van der Waals surface area (Å²) in [5.41, 5.74) is 1.62. The number of benzene rings is 2. The monoisotopic (exact) mass is 509 g/mol. The van der Waals surface area contributed by atoms with Crippen LogP contribution >= 0.6 is 0 Å². The minimum Gasteiger partial charge on any atom is -0.376 e. The van der Waals surface area contributed by atoms with Crippen LogP contribution in [-0.2, 0) is 31.0 Å². The average Bonchev–Trinajstić information content (AvgIpc) is 2.76. The maximum Gasteiger partial charge on any atom is 0.264 e. The molecule has 2 aromatic carbocycles. The standard InChI is InChI=1S/C24H35N3O5S2/c1-7-15-26(19(5)28)32-23-14-13-22(16-24(23)33(6,25)29)34(30,31)27(17-18(3)4)21-11-9-20(8-2)10-12-21/h9-14,16,18,25H,7-8,15,17H2,1-6H3. The molecule has 1 N–H and O–H groups in total. The molecule has 2 aromatic rings. The second-order valence-electron chi connectivity index (χ2n) is 8.61. The van der Waals surface area contributed by atoms with Crippen LogP contribution in [0, 0.1) is 10.7 Å². The first-order valence-corrected chi connectivity index (χ1v) is 14.7. The maximum absolute atomic E-state index is 13.7. The Hall–Kier alpha value is -2.59. The van der Waals surface area contributed by atoms with Crippen LogP contribution in [-0.4, -0.2) is 42.9 Å². The van der Waals surface area contributed by atoms with Crippen molar-refractivity contribution in [3.05, 3.63) is 48.0 Å². The fourth-order valence-corrected chi connectivity index (χ4v) is 5.89. The minimum atomic E-state index is -4.03. The molecular formula is C24H35N3O5S2. The summed E-state index contributed by atoms with van der Waals surface area (Å²) in [5, 5.41) is 1.11. The van der Waals surface area contributed by atoms with Crippen molar-refractivity contribution in [1.29, 1.82) is 4.78 Å². The van der Waals surface area contributed by atoms with E-state index in [-0.39, 0.29) is 33.9 Å². The van der Waals surface area contributed by atoms with Gasteiger partial charge in [-0.15, -0.1) is 0 Å². The molecule has 8 nitrogen and oxygen atoms in total. The molecule has 0 fully saturated rings. The molecule has 0 saturated carbocycles. The van der Waals surface area contributed by atoms with E-state index >= 15 is 0 Å². The molecule has 0 spiro atoms. The number of rotatable bonds is 11. The second kappa shape index (κ2) is 11.2. The molecule has 10 heteroatoms. The molecule has 1 unspecified atom stereocenters. The maximum atomic E-state index is 13.7. The topological polar surface area (TPSA) is 108 Å². The smallest absolute Gasteiger partial charge is 0.264 e. The molecule has 0 aliphatic heterocycles. The summed E-state index contributed by atoms with van der Waals surface area (Å²) in [5.74, 6) is -0.282. The molecule has 0 aromatic heterocycles. The number of amides is 1. The van der Waals surface area contributed by atoms with Gasteiger partial charge in [0.25, 0.3) is 15.9 Å². The van der Waals surface area contributed by atoms with Gasteiger partial charge in [0.1, 0.15) is 0 Å². The van der Waals surface area contributed by atoms with E-state index in [2.05, 4.69) is 0 Å². The van der Waals surface area contributed by atoms with Crippen LogP contribution in [0.25, 0.3) is 0 Å². The molecular weight excluding hydrogens is 474 g/mol. The van der Waals surface area contributed by atoms with Gasteiger partial charge in [0, 0.05) is 19.7 Å². The van der Waals surface area contributed by atoms with E-state index in [9.17, 15) is 17.4 Å². The third-order valence-corrected chi connectivity index (χ3v) is 8.02. The lowest BCUT2D eigenvalue weighted by Gasteiger charge is -2.27. The number of nitrogens with zero attached hydrogens (tertiary/aromatic N) is 2. The van der Waals surface area contributed by atoms with Crippen molar-refractivity contribution in [3.63, 3.8) is 0 Å². The van der Waals surface area contributed by atoms with Crippen LogP contribution in [0.5, 0.6) is 5.75 Å². The number of hydroxylamine groups is 2. The van der Waals surface area contributed by atoms with Crippen molar-refractivity contribution in [2.45, 2.75) is 57.3 Å². The van der Waals surface area contributed by atoms with Gasteiger partial charge in [-0.25, -0.2) is 17.4 Å². The normalized spacial score (nSPS) is 13.4. The lowest BCUT2D eigenvalue weighted by atomic mass is 10.1. The Bertz CT molecular complexity index is 1210. The highest BCUT2D eigenvalue weighted by Gasteiger charge is 2.28. The average molecular weight is 510 g/mol. The summed E-state index contributed by atoms with van der Waals surface area (Å²) in [6.45, 7) is 9.65. The Kier molecular flexibility index (Phi) is 9.13. The van der Waals surface area contributed by atoms with Crippen LogP contribution in [0.4, 0.5) is 5.69 Å². The Morgan fingerprint density at radius 2 is 1.68 bits per heavy atom. The molecule has 0 saturated heterocycles. The van der Waals surface area contributed by atoms with Crippen molar-refractivity contribution in [2.75, 3.05) is 23.7 Å². The zero-order chi connectivity index (χ0) is 25.7. The SMILES string of the molecule is CCCN(Oc1ccc(S(=O)(=O)N(CC(C)C)c2ccc(CC)cc2)cc1S(C)(=N)=O)C(C)=O. The van der Waals surface area contributed by atoms with Crippen LogP contribution < -0.4 is 9.14 Å². The lowest BCUT2D eigenvalue weighted by molar-refractivity contribution is -0.155. The van der Waals surface area contributed by atoms with Crippen molar-refractivity contribution < 1.29 is 22.3 Å². The fraction of sp³-hybridized carbons (Fsp3) is 0.458. The number of nitrogens with one attached hydrogen (secondary N) is 1. The molecule has 0 bridgehead atoms. The van der Waals surface area contributed by atoms with E-state index in [0.717, 1.165) is 17.0 Å². The molecule has 0 aliphatic rings. The predicted octanol–water partition coefficient (Wildman–Crippen LogP) is 4.69. The first-order chi connectivity index (χ1) is 15.8. The largest absolute Gasteiger partial charge is 0.376 e. The molecule has 34 heavy (non-hydrogen) atoms. The number of carbonyl (C=O) groups excluding carboxylic acids is 1. The van der Waals surface area contributed by atoms with E-state index in [1.807, 2.05) is 39.8 Å². The third kappa shape index (κ3) is 6.73. The summed E-state index contributed by atoms with van der Waals surface area (Å²) in [7, 11) is -7.41. The van der Waals surface area contributed by atoms with Crippen molar-refractivity contribution in [1.82, 2.24) is 5.06 Å². The number of carbonyl (C=O) groups is 1. The van der Waals surface area contributed by atoms with Crippen LogP contribution in [0.15, 0.2) is 52.3 Å². The number of hydrogen-bond acceptors (Lipinski definition) is 6. The minimum absolute atomic E-state index is 0.0211. The van der Waals surface area contributed by atoms with Crippen LogP contribution in [0.2, 0.25) is 0 Å². The van der Waals surface area contributed by atoms with Gasteiger partial charge in [0.05, 0.1) is 31.8 Å². The molecule has 0 radical (unpaired) electrons. The zero-order valence-electron chi connectivity index (χ0n) is 20.7. The van der Waals surface area contributed by atoms with Crippen molar-refractivity contribution >= 4 is 31.3 Å². The van der Waals surface area contributed by atoms with Gasteiger partial charge in [-0.1, -0.05) is 39.8 Å². The van der Waals surface area contributed by atoms with Gasteiger partial charge in [-0.3, -0.25) is 9.10 Å². The van der Waals surface area contributed by atoms with E-state index < -0.39 is 19.8 Å². The highest BCUT2D eigenvalue weighted by molar-refractivity contribution is 7.93. The molecule has 1 atom stereocenters. The summed E-state index contributed by atoms with van der Waals surface area (Å²) < 4.78 is 49.7. The first kappa shape index (κ1) is 27.7. The third-order valence-electron chi connectivity index (χ3n) is 5.07. The highest BCUT2D eigenvalue weighted by atomic mass is 32.2. The van der Waals surface area contributed by atoms with Crippen LogP contribution in [0.3, 0.4) is 0 Å². The Balaban J connectivity index is 2.60. The Morgan fingerprint density at radius 1 is 1.06 bits per heavy atom. The molecule has 0 heterocycles. The summed E-state index contributed by atoms with van der Waals surface area (Å²) >= 11 is 0. The van der Waals surface area contributed by atoms with Gasteiger partial charge in [0.2, 0.25) is 0 Å². The lowest BCUT2D eigenvalue weighted by Crippen LogP contribution is -2.35. The molecule has 1 amide bonds. The summed E-state index contributed by atoms with van der Waals surface area (Å²) in [4.78, 5) is 17.4. The van der Waals surface area contributed by atoms with Crippen LogP contribution in [0.1, 0.15) is 46.6 Å². The summed E-state index contributed by atoms with van der Waals surface area (Å²) in [6.07, 6.45) is 2.66. The second-order valence-corrected chi connectivity index (χ2v) is 12.6. The molecule has 0 aliphatic carbocycles. The molecule has 2 rings (SSSR count). The van der Waals surface area contributed by atoms with E-state index in [1.165, 1.54) is 35.7 Å². The van der Waals surface area contributed by atoms with E-state index in [0.29, 0.717) is 18.7 Å². The van der Waals surface area contributed by atoms with Gasteiger partial charge >= 0.3 is 0 Å². The Labute approximate surface area is 203 Å². The van der Waals surface area contributed by atoms with Gasteiger partial charge in [-0.2, -0.15) is 5.06 Å². The van der Waals surface area contributed by atoms with Crippen molar-refractivity contribution in [3.8, 4) is 5.75 Å². The van der Waals surface area contributed by atoms with Crippen molar-refractivity contribution in [2.24, 2.45) is 5.92 Å². The molecule has 188 valence electrons. The Morgan fingerprint density at radius 3 is 2.15 bits per heavy atom. The number of hydrogen-bond donors (Lipinski definition) is 1. The quantitative estimate of drug-likeness (QED) is 0.442. The number of sulfonamides is 1. The van der Waals surface area contributed by atoms with Gasteiger partial charge in [0.15, 0.2) is 5.75 Å². The van der Waals surface area contributed by atoms with Gasteiger partial charge in [-0.05, 0) is 54.7 Å². The first-order valence-electron chi connectivity index (χ1n) is 11.3. The fourth-order valence-electron chi connectivity index (χ4n) is 3.32. The number of aryl methyl sites for hydroxylation is 1. The zero-order valence-corrected chi connectivity index (χ0v) is 22.3. The summed E-state index contributed by atoms with van der Waals surface area (Å²) in [6, 6.07) is 11.3.